The Hall–Kier alpha value is -2.03. The van der Waals surface area contributed by atoms with Crippen LogP contribution in [0, 0.1) is 5.92 Å². The van der Waals surface area contributed by atoms with Crippen molar-refractivity contribution in [1.29, 1.82) is 0 Å². The molecule has 0 aromatic heterocycles. The number of carbonyl (C=O) groups excluding carboxylic acids is 1. The van der Waals surface area contributed by atoms with Gasteiger partial charge in [-0.2, -0.15) is 0 Å². The van der Waals surface area contributed by atoms with Crippen LogP contribution >= 0.6 is 0 Å². The van der Waals surface area contributed by atoms with E-state index < -0.39 is 0 Å². The maximum absolute atomic E-state index is 11.6. The molecule has 0 saturated heterocycles. The average Bonchev–Trinajstić information content (AvgIpc) is 2.61. The lowest BCUT2D eigenvalue weighted by Gasteiger charge is -2.13. The number of benzene rings is 1. The van der Waals surface area contributed by atoms with Gasteiger partial charge in [-0.15, -0.1) is 0 Å². The second-order valence-electron chi connectivity index (χ2n) is 4.93. The Balaban J connectivity index is 2.39. The van der Waals surface area contributed by atoms with Gasteiger partial charge in [0.05, 0.1) is 0 Å². The van der Waals surface area contributed by atoms with Crippen molar-refractivity contribution in [3.05, 3.63) is 47.6 Å². The standard InChI is InChI=1S/C16H20N2O/c1-2-11-4-3-5-13(10-15(11)16(18)19)12-6-8-14(17)9-7-12/h5-11H,2-4,17H2,1H3,(H2,18,19). The molecular weight excluding hydrogens is 236 g/mol. The predicted molar refractivity (Wildman–Crippen MR) is 79.1 cm³/mol. The predicted octanol–water partition coefficient (Wildman–Crippen LogP) is 2.88. The number of amides is 1. The van der Waals surface area contributed by atoms with Crippen LogP contribution in [-0.4, -0.2) is 5.91 Å². The van der Waals surface area contributed by atoms with Crippen LogP contribution in [0.4, 0.5) is 5.69 Å². The fourth-order valence-electron chi connectivity index (χ4n) is 2.51. The lowest BCUT2D eigenvalue weighted by Crippen LogP contribution is -2.20. The summed E-state index contributed by atoms with van der Waals surface area (Å²) in [6.45, 7) is 2.09. The summed E-state index contributed by atoms with van der Waals surface area (Å²) in [6, 6.07) is 7.69. The van der Waals surface area contributed by atoms with Crippen LogP contribution in [0.15, 0.2) is 42.0 Å². The van der Waals surface area contributed by atoms with Crippen LogP contribution in [0.2, 0.25) is 0 Å². The molecule has 4 N–H and O–H groups in total. The molecule has 1 aromatic rings. The molecule has 1 aromatic carbocycles. The van der Waals surface area contributed by atoms with E-state index >= 15 is 0 Å². The van der Waals surface area contributed by atoms with Crippen LogP contribution in [0.25, 0.3) is 5.57 Å². The van der Waals surface area contributed by atoms with E-state index in [0.29, 0.717) is 0 Å². The van der Waals surface area contributed by atoms with E-state index in [4.69, 9.17) is 11.5 Å². The summed E-state index contributed by atoms with van der Waals surface area (Å²) >= 11 is 0. The summed E-state index contributed by atoms with van der Waals surface area (Å²) in [6.07, 6.45) is 6.99. The van der Waals surface area contributed by atoms with Crippen LogP contribution in [0.3, 0.4) is 0 Å². The summed E-state index contributed by atoms with van der Waals surface area (Å²) in [5, 5.41) is 0. The number of anilines is 1. The van der Waals surface area contributed by atoms with Crippen LogP contribution in [0.5, 0.6) is 0 Å². The normalized spacial score (nSPS) is 19.3. The first kappa shape index (κ1) is 13.4. The highest BCUT2D eigenvalue weighted by molar-refractivity contribution is 5.96. The van der Waals surface area contributed by atoms with E-state index in [2.05, 4.69) is 13.0 Å². The molecule has 2 rings (SSSR count). The molecule has 0 spiro atoms. The van der Waals surface area contributed by atoms with Crippen molar-refractivity contribution < 1.29 is 4.79 Å². The van der Waals surface area contributed by atoms with Gasteiger partial charge in [0.2, 0.25) is 5.91 Å². The lowest BCUT2D eigenvalue weighted by atomic mass is 9.91. The van der Waals surface area contributed by atoms with Gasteiger partial charge in [-0.3, -0.25) is 4.79 Å². The van der Waals surface area contributed by atoms with Crippen molar-refractivity contribution in [3.63, 3.8) is 0 Å². The largest absolute Gasteiger partial charge is 0.399 e. The number of nitrogens with two attached hydrogens (primary N) is 2. The van der Waals surface area contributed by atoms with E-state index in [1.54, 1.807) is 0 Å². The quantitative estimate of drug-likeness (QED) is 0.816. The van der Waals surface area contributed by atoms with Gasteiger partial charge < -0.3 is 11.5 Å². The van der Waals surface area contributed by atoms with Gasteiger partial charge in [-0.05, 0) is 54.5 Å². The molecule has 1 unspecified atom stereocenters. The molecule has 100 valence electrons. The van der Waals surface area contributed by atoms with Gasteiger partial charge in [0.25, 0.3) is 0 Å². The maximum atomic E-state index is 11.6. The highest BCUT2D eigenvalue weighted by Crippen LogP contribution is 2.30. The zero-order chi connectivity index (χ0) is 13.8. The molecule has 0 saturated carbocycles. The van der Waals surface area contributed by atoms with Gasteiger partial charge >= 0.3 is 0 Å². The molecule has 19 heavy (non-hydrogen) atoms. The summed E-state index contributed by atoms with van der Waals surface area (Å²) in [5.41, 5.74) is 14.8. The highest BCUT2D eigenvalue weighted by atomic mass is 16.1. The Labute approximate surface area is 114 Å². The molecule has 1 atom stereocenters. The average molecular weight is 256 g/mol. The first-order chi connectivity index (χ1) is 9.11. The van der Waals surface area contributed by atoms with Gasteiger partial charge in [0, 0.05) is 11.3 Å². The molecule has 3 heteroatoms. The van der Waals surface area contributed by atoms with Crippen LogP contribution in [0.1, 0.15) is 31.7 Å². The monoisotopic (exact) mass is 256 g/mol. The maximum Gasteiger partial charge on any atom is 0.244 e. The molecule has 1 amide bonds. The lowest BCUT2D eigenvalue weighted by molar-refractivity contribution is -0.115. The van der Waals surface area contributed by atoms with Crippen molar-refractivity contribution >= 4 is 17.2 Å². The number of nitrogen functional groups attached to an aromatic ring is 1. The zero-order valence-corrected chi connectivity index (χ0v) is 11.2. The Morgan fingerprint density at radius 2 is 2.00 bits per heavy atom. The molecule has 0 fully saturated rings. The van der Waals surface area contributed by atoms with Gasteiger partial charge in [0.1, 0.15) is 0 Å². The molecule has 1 aliphatic rings. The number of rotatable bonds is 3. The van der Waals surface area contributed by atoms with E-state index in [1.807, 2.05) is 30.3 Å². The molecular formula is C16H20N2O. The van der Waals surface area contributed by atoms with Crippen molar-refractivity contribution in [2.24, 2.45) is 11.7 Å². The first-order valence-corrected chi connectivity index (χ1v) is 6.69. The SMILES string of the molecule is CCC1CCC=C(c2ccc(N)cc2)C=C1C(N)=O. The number of hydrogen-bond donors (Lipinski definition) is 2. The summed E-state index contributed by atoms with van der Waals surface area (Å²) in [7, 11) is 0. The minimum Gasteiger partial charge on any atom is -0.399 e. The van der Waals surface area contributed by atoms with E-state index in [1.165, 1.54) is 0 Å². The van der Waals surface area contributed by atoms with Crippen molar-refractivity contribution in [2.75, 3.05) is 5.73 Å². The van der Waals surface area contributed by atoms with E-state index in [9.17, 15) is 4.79 Å². The minimum absolute atomic E-state index is 0.264. The van der Waals surface area contributed by atoms with Crippen LogP contribution < -0.4 is 11.5 Å². The van der Waals surface area contributed by atoms with Gasteiger partial charge in [-0.25, -0.2) is 0 Å². The Kier molecular flexibility index (Phi) is 4.05. The van der Waals surface area contributed by atoms with Crippen molar-refractivity contribution in [2.45, 2.75) is 26.2 Å². The molecule has 0 radical (unpaired) electrons. The number of hydrogen-bond acceptors (Lipinski definition) is 2. The number of allylic oxidation sites excluding steroid dienone is 3. The minimum atomic E-state index is -0.310. The van der Waals surface area contributed by atoms with Gasteiger partial charge in [-0.1, -0.05) is 25.1 Å². The number of primary amides is 1. The van der Waals surface area contributed by atoms with Gasteiger partial charge in [0.15, 0.2) is 0 Å². The Morgan fingerprint density at radius 3 is 2.58 bits per heavy atom. The Bertz CT molecular complexity index is 526. The van der Waals surface area contributed by atoms with E-state index in [-0.39, 0.29) is 11.8 Å². The van der Waals surface area contributed by atoms with E-state index in [0.717, 1.165) is 41.7 Å². The topological polar surface area (TPSA) is 69.1 Å². The molecule has 1 aliphatic carbocycles. The summed E-state index contributed by atoms with van der Waals surface area (Å²) < 4.78 is 0. The van der Waals surface area contributed by atoms with Crippen molar-refractivity contribution in [1.82, 2.24) is 0 Å². The zero-order valence-electron chi connectivity index (χ0n) is 11.2. The third kappa shape index (κ3) is 3.05. The smallest absolute Gasteiger partial charge is 0.244 e. The fourth-order valence-corrected chi connectivity index (χ4v) is 2.51. The molecule has 3 nitrogen and oxygen atoms in total. The van der Waals surface area contributed by atoms with Crippen molar-refractivity contribution in [3.8, 4) is 0 Å². The number of carbonyl (C=O) groups is 1. The third-order valence-corrected chi connectivity index (χ3v) is 3.65. The summed E-state index contributed by atoms with van der Waals surface area (Å²) in [4.78, 5) is 11.6. The fraction of sp³-hybridized carbons (Fsp3) is 0.312. The first-order valence-electron chi connectivity index (χ1n) is 6.69. The highest BCUT2D eigenvalue weighted by Gasteiger charge is 2.19. The summed E-state index contributed by atoms with van der Waals surface area (Å²) in [5.74, 6) is -0.0462. The second kappa shape index (κ2) is 5.74. The second-order valence-corrected chi connectivity index (χ2v) is 4.93. The van der Waals surface area contributed by atoms with Crippen LogP contribution in [-0.2, 0) is 4.79 Å². The molecule has 0 bridgehead atoms. The molecule has 0 aliphatic heterocycles. The Morgan fingerprint density at radius 1 is 1.32 bits per heavy atom. The third-order valence-electron chi connectivity index (χ3n) is 3.65. The molecule has 0 heterocycles.